The zero-order chi connectivity index (χ0) is 11.4. The van der Waals surface area contributed by atoms with Crippen molar-refractivity contribution in [3.05, 3.63) is 18.2 Å². The number of hydrogen-bond donors (Lipinski definition) is 1. The van der Waals surface area contributed by atoms with E-state index in [1.165, 1.54) is 25.1 Å². The van der Waals surface area contributed by atoms with Crippen molar-refractivity contribution in [3.63, 3.8) is 0 Å². The molecule has 2 rings (SSSR count). The summed E-state index contributed by atoms with van der Waals surface area (Å²) in [4.78, 5) is 4.52. The minimum atomic E-state index is 0.694. The van der Waals surface area contributed by atoms with E-state index >= 15 is 0 Å². The predicted octanol–water partition coefficient (Wildman–Crippen LogP) is 2.40. The summed E-state index contributed by atoms with van der Waals surface area (Å²) in [6.45, 7) is 7.75. The van der Waals surface area contributed by atoms with Crippen molar-refractivity contribution in [1.29, 1.82) is 0 Å². The normalized spacial score (nSPS) is 24.4. The molecule has 1 heterocycles. The highest BCUT2D eigenvalue weighted by Gasteiger charge is 2.34. The van der Waals surface area contributed by atoms with E-state index in [1.54, 1.807) is 0 Å². The molecular formula is C13H23N3. The van der Waals surface area contributed by atoms with Gasteiger partial charge >= 0.3 is 0 Å². The van der Waals surface area contributed by atoms with Gasteiger partial charge in [-0.25, -0.2) is 4.98 Å². The zero-order valence-electron chi connectivity index (χ0n) is 10.4. The van der Waals surface area contributed by atoms with Crippen molar-refractivity contribution in [2.45, 2.75) is 45.6 Å². The lowest BCUT2D eigenvalue weighted by Crippen LogP contribution is -2.35. The molecular weight excluding hydrogens is 198 g/mol. The summed E-state index contributed by atoms with van der Waals surface area (Å²) in [5, 5.41) is 3.53. The van der Waals surface area contributed by atoms with Gasteiger partial charge in [-0.05, 0) is 45.2 Å². The maximum atomic E-state index is 4.52. The maximum Gasteiger partial charge on any atom is 0.112 e. The van der Waals surface area contributed by atoms with Gasteiger partial charge in [0, 0.05) is 24.9 Å². The van der Waals surface area contributed by atoms with Crippen LogP contribution in [0.3, 0.4) is 0 Å². The third kappa shape index (κ3) is 2.29. The lowest BCUT2D eigenvalue weighted by Gasteiger charge is -2.36. The molecule has 3 nitrogen and oxygen atoms in total. The number of rotatable bonds is 6. The van der Waals surface area contributed by atoms with Gasteiger partial charge in [0.2, 0.25) is 0 Å². The molecule has 1 saturated carbocycles. The largest absolute Gasteiger partial charge is 0.335 e. The summed E-state index contributed by atoms with van der Waals surface area (Å²) in [5.74, 6) is 2.80. The van der Waals surface area contributed by atoms with Gasteiger partial charge in [0.1, 0.15) is 5.82 Å². The molecule has 0 radical (unpaired) electrons. The van der Waals surface area contributed by atoms with Gasteiger partial charge in [-0.2, -0.15) is 0 Å². The van der Waals surface area contributed by atoms with Crippen LogP contribution in [0.4, 0.5) is 0 Å². The molecule has 1 aromatic rings. The second kappa shape index (κ2) is 5.48. The molecule has 1 aliphatic rings. The van der Waals surface area contributed by atoms with Crippen LogP contribution in [0.25, 0.3) is 0 Å². The Morgan fingerprint density at radius 1 is 1.44 bits per heavy atom. The Kier molecular flexibility index (Phi) is 3.99. The second-order valence-electron chi connectivity index (χ2n) is 4.72. The number of aryl methyl sites for hydroxylation is 1. The molecule has 0 amide bonds. The zero-order valence-corrected chi connectivity index (χ0v) is 10.4. The number of nitrogens with one attached hydrogen (secondary N) is 1. The third-order valence-electron chi connectivity index (χ3n) is 3.67. The highest BCUT2D eigenvalue weighted by atomic mass is 15.1. The van der Waals surface area contributed by atoms with Crippen molar-refractivity contribution in [2.24, 2.45) is 5.92 Å². The minimum absolute atomic E-state index is 0.694. The van der Waals surface area contributed by atoms with Gasteiger partial charge in [-0.15, -0.1) is 0 Å². The summed E-state index contributed by atoms with van der Waals surface area (Å²) in [5.41, 5.74) is 0. The van der Waals surface area contributed by atoms with Gasteiger partial charge in [0.05, 0.1) is 0 Å². The van der Waals surface area contributed by atoms with Gasteiger partial charge in [-0.1, -0.05) is 6.92 Å². The molecule has 16 heavy (non-hydrogen) atoms. The smallest absolute Gasteiger partial charge is 0.112 e. The lowest BCUT2D eigenvalue weighted by atomic mass is 9.73. The molecule has 1 N–H and O–H groups in total. The molecule has 3 heteroatoms. The predicted molar refractivity (Wildman–Crippen MR) is 66.5 cm³/mol. The van der Waals surface area contributed by atoms with Crippen LogP contribution >= 0.6 is 0 Å². The van der Waals surface area contributed by atoms with E-state index < -0.39 is 0 Å². The third-order valence-corrected chi connectivity index (χ3v) is 3.67. The van der Waals surface area contributed by atoms with Crippen molar-refractivity contribution in [2.75, 3.05) is 13.1 Å². The Bertz CT molecular complexity index is 319. The van der Waals surface area contributed by atoms with Crippen LogP contribution in [0, 0.1) is 5.92 Å². The fraction of sp³-hybridized carbons (Fsp3) is 0.769. The fourth-order valence-electron chi connectivity index (χ4n) is 2.53. The quantitative estimate of drug-likeness (QED) is 0.748. The summed E-state index contributed by atoms with van der Waals surface area (Å²) in [6.07, 6.45) is 7.94. The lowest BCUT2D eigenvalue weighted by molar-refractivity contribution is 0.231. The Hall–Kier alpha value is -0.830. The molecule has 1 aliphatic carbocycles. The number of imidazole rings is 1. The summed E-state index contributed by atoms with van der Waals surface area (Å²) < 4.78 is 2.29. The molecule has 0 spiro atoms. The monoisotopic (exact) mass is 221 g/mol. The van der Waals surface area contributed by atoms with Crippen LogP contribution in [-0.4, -0.2) is 22.6 Å². The molecule has 0 bridgehead atoms. The van der Waals surface area contributed by atoms with Crippen molar-refractivity contribution in [3.8, 4) is 0 Å². The van der Waals surface area contributed by atoms with Gasteiger partial charge in [-0.3, -0.25) is 0 Å². The van der Waals surface area contributed by atoms with E-state index in [4.69, 9.17) is 0 Å². The Labute approximate surface area is 98.3 Å². The first kappa shape index (κ1) is 11.6. The topological polar surface area (TPSA) is 29.9 Å². The second-order valence-corrected chi connectivity index (χ2v) is 4.72. The average Bonchev–Trinajstić information content (AvgIpc) is 2.70. The van der Waals surface area contributed by atoms with Gasteiger partial charge < -0.3 is 9.88 Å². The molecule has 1 aromatic heterocycles. The first-order chi connectivity index (χ1) is 7.86. The standard InChI is InChI=1S/C13H23N3/c1-3-7-14-10-11-5-6-12(11)13-15-8-9-16(13)4-2/h8-9,11-12,14H,3-7,10H2,1-2H3. The molecule has 2 unspecified atom stereocenters. The molecule has 90 valence electrons. The van der Waals surface area contributed by atoms with Crippen LogP contribution in [0.1, 0.15) is 44.9 Å². The van der Waals surface area contributed by atoms with Crippen LogP contribution in [0.2, 0.25) is 0 Å². The molecule has 1 fully saturated rings. The van der Waals surface area contributed by atoms with Crippen molar-refractivity contribution < 1.29 is 0 Å². The fourth-order valence-corrected chi connectivity index (χ4v) is 2.53. The van der Waals surface area contributed by atoms with E-state index in [9.17, 15) is 0 Å². The van der Waals surface area contributed by atoms with Crippen LogP contribution in [-0.2, 0) is 6.54 Å². The summed E-state index contributed by atoms with van der Waals surface area (Å²) >= 11 is 0. The minimum Gasteiger partial charge on any atom is -0.335 e. The van der Waals surface area contributed by atoms with Crippen LogP contribution in [0.15, 0.2) is 12.4 Å². The molecule has 0 saturated heterocycles. The first-order valence-corrected chi connectivity index (χ1v) is 6.58. The Morgan fingerprint density at radius 3 is 2.94 bits per heavy atom. The molecule has 0 aliphatic heterocycles. The van der Waals surface area contributed by atoms with E-state index in [2.05, 4.69) is 34.9 Å². The number of nitrogens with zero attached hydrogens (tertiary/aromatic N) is 2. The Morgan fingerprint density at radius 2 is 2.31 bits per heavy atom. The summed E-state index contributed by atoms with van der Waals surface area (Å²) in [7, 11) is 0. The number of aromatic nitrogens is 2. The average molecular weight is 221 g/mol. The Balaban J connectivity index is 1.90. The highest BCUT2D eigenvalue weighted by molar-refractivity contribution is 5.07. The van der Waals surface area contributed by atoms with Gasteiger partial charge in [0.25, 0.3) is 0 Å². The maximum absolute atomic E-state index is 4.52. The van der Waals surface area contributed by atoms with Crippen LogP contribution < -0.4 is 5.32 Å². The summed E-state index contributed by atoms with van der Waals surface area (Å²) in [6, 6.07) is 0. The first-order valence-electron chi connectivity index (χ1n) is 6.58. The van der Waals surface area contributed by atoms with E-state index in [-0.39, 0.29) is 0 Å². The van der Waals surface area contributed by atoms with Gasteiger partial charge in [0.15, 0.2) is 0 Å². The molecule has 2 atom stereocenters. The highest BCUT2D eigenvalue weighted by Crippen LogP contribution is 2.41. The van der Waals surface area contributed by atoms with E-state index in [0.29, 0.717) is 5.92 Å². The number of hydrogen-bond acceptors (Lipinski definition) is 2. The SMILES string of the molecule is CCCNCC1CCC1c1nccn1CC. The van der Waals surface area contributed by atoms with Crippen LogP contribution in [0.5, 0.6) is 0 Å². The molecule has 0 aromatic carbocycles. The van der Waals surface area contributed by atoms with Crippen molar-refractivity contribution >= 4 is 0 Å². The van der Waals surface area contributed by atoms with Crippen molar-refractivity contribution in [1.82, 2.24) is 14.9 Å². The van der Waals surface area contributed by atoms with E-state index in [1.807, 2.05) is 6.20 Å². The van der Waals surface area contributed by atoms with E-state index in [0.717, 1.165) is 25.6 Å².